The topological polar surface area (TPSA) is 276 Å². The van der Waals surface area contributed by atoms with E-state index >= 15 is 0 Å². The molecule has 0 bridgehead atoms. The van der Waals surface area contributed by atoms with Gasteiger partial charge in [-0.15, -0.1) is 0 Å². The Hall–Kier alpha value is -2.35. The maximum atomic E-state index is 9.93. The fraction of sp³-hybridized carbons (Fsp3) is 0.500. The van der Waals surface area contributed by atoms with E-state index in [1.807, 2.05) is 0 Å². The van der Waals surface area contributed by atoms with E-state index < -0.39 is 78.8 Å². The van der Waals surface area contributed by atoms with Crippen molar-refractivity contribution in [3.63, 3.8) is 0 Å². The van der Waals surface area contributed by atoms with Gasteiger partial charge in [-0.2, -0.15) is 0 Å². The van der Waals surface area contributed by atoms with Gasteiger partial charge in [-0.25, -0.2) is 19.9 Å². The van der Waals surface area contributed by atoms with E-state index in [4.69, 9.17) is 38.5 Å². The molecule has 0 aliphatic carbocycles. The molecule has 0 saturated carbocycles. The molecular formula is C20H26Cl2N8O10Pt+2. The van der Waals surface area contributed by atoms with E-state index in [2.05, 4.69) is 29.9 Å². The number of halogens is 2. The summed E-state index contributed by atoms with van der Waals surface area (Å²) in [6.07, 6.45) is -3.20. The third-order valence-electron chi connectivity index (χ3n) is 6.34. The molecule has 2 aliphatic rings. The normalized spacial score (nSPS) is 29.4. The van der Waals surface area contributed by atoms with Gasteiger partial charge in [-0.1, -0.05) is 0 Å². The van der Waals surface area contributed by atoms with Crippen molar-refractivity contribution in [3.05, 3.63) is 36.4 Å². The van der Waals surface area contributed by atoms with Crippen LogP contribution in [0.2, 0.25) is 0 Å². The van der Waals surface area contributed by atoms with Crippen molar-refractivity contribution in [1.82, 2.24) is 39.0 Å². The molecule has 6 rings (SSSR count). The van der Waals surface area contributed by atoms with Gasteiger partial charge < -0.3 is 40.1 Å². The number of H-pyrrole nitrogens is 2. The summed E-state index contributed by atoms with van der Waals surface area (Å²) in [5.74, 6) is 0. The summed E-state index contributed by atoms with van der Waals surface area (Å²) >= 11 is -0.472. The zero-order valence-corrected chi connectivity index (χ0v) is 24.3. The van der Waals surface area contributed by atoms with Crippen molar-refractivity contribution in [2.24, 2.45) is 0 Å². The predicted molar refractivity (Wildman–Crippen MR) is 132 cm³/mol. The third-order valence-corrected chi connectivity index (χ3v) is 6.34. The fourth-order valence-electron chi connectivity index (χ4n) is 4.34. The SMILES string of the molecule is OCC1OC(n2cnc3c(=[OH+])[nH]cnc32)C(O)C1O.OCC1OC(n2cnc3c(=[OH+])[nH]cnc32)C(O)C1O.[Cl][Pt][Cl]. The number of aromatic amines is 2. The first-order chi connectivity index (χ1) is 19.7. The molecule has 4 aromatic rings. The first-order valence-electron chi connectivity index (χ1n) is 11.6. The van der Waals surface area contributed by atoms with E-state index in [-0.39, 0.29) is 22.2 Å². The molecule has 18 nitrogen and oxygen atoms in total. The number of hydrogen-bond donors (Lipinski definition) is 8. The van der Waals surface area contributed by atoms with Crippen LogP contribution in [0, 0.1) is 0 Å². The summed E-state index contributed by atoms with van der Waals surface area (Å²) in [7, 11) is 9.75. The van der Waals surface area contributed by atoms with Gasteiger partial charge in [-0.05, 0) is 0 Å². The monoisotopic (exact) mass is 803 g/mol. The van der Waals surface area contributed by atoms with Crippen LogP contribution < -0.4 is 11.1 Å². The van der Waals surface area contributed by atoms with E-state index in [1.54, 1.807) is 0 Å². The number of imidazole rings is 2. The second-order valence-electron chi connectivity index (χ2n) is 8.65. The summed E-state index contributed by atoms with van der Waals surface area (Å²) < 4.78 is 13.5. The van der Waals surface area contributed by atoms with Crippen LogP contribution in [0.5, 0.6) is 0 Å². The summed E-state index contributed by atoms with van der Waals surface area (Å²) in [5, 5.41) is 57.4. The molecule has 2 fully saturated rings. The standard InChI is InChI=1S/2C10H12N4O5.2ClH.Pt/c2*15-1-4-6(16)7(17)10(19-4)14-3-13-5-8(14)11-2-12-9(5)18;;;/h2*2-4,6-7,10,15-17H,1H2,(H,11,12,18);2*1H;/q;;;;+2. The van der Waals surface area contributed by atoms with Crippen molar-refractivity contribution in [2.45, 2.75) is 49.1 Å². The molecule has 41 heavy (non-hydrogen) atoms. The number of aliphatic hydroxyl groups excluding tert-OH is 6. The summed E-state index contributed by atoms with van der Waals surface area (Å²) in [6, 6.07) is 0. The molecule has 10 N–H and O–H groups in total. The molecule has 2 saturated heterocycles. The van der Waals surface area contributed by atoms with Gasteiger partial charge in [0.25, 0.3) is 0 Å². The number of fused-ring (bicyclic) bond motifs is 2. The van der Waals surface area contributed by atoms with E-state index in [9.17, 15) is 30.0 Å². The average Bonchev–Trinajstić information content (AvgIpc) is 3.72. The minimum atomic E-state index is -1.22. The van der Waals surface area contributed by atoms with Gasteiger partial charge in [0.05, 0.1) is 25.9 Å². The quantitative estimate of drug-likeness (QED) is 0.0921. The Bertz CT molecular complexity index is 1450. The van der Waals surface area contributed by atoms with Crippen molar-refractivity contribution in [3.8, 4) is 0 Å². The van der Waals surface area contributed by atoms with Crippen LogP contribution in [-0.2, 0) is 26.0 Å². The second-order valence-corrected chi connectivity index (χ2v) is 11.9. The molecule has 21 heteroatoms. The Morgan fingerprint density at radius 1 is 0.732 bits per heavy atom. The Morgan fingerprint density at radius 2 is 1.10 bits per heavy atom. The van der Waals surface area contributed by atoms with E-state index in [0.29, 0.717) is 11.3 Å². The molecular weight excluding hydrogens is 778 g/mol. The number of nitrogens with zero attached hydrogens (tertiary/aromatic N) is 6. The molecule has 8 atom stereocenters. The van der Waals surface area contributed by atoms with E-state index in [0.717, 1.165) is 0 Å². The van der Waals surface area contributed by atoms with Gasteiger partial charge in [0, 0.05) is 0 Å². The van der Waals surface area contributed by atoms with Gasteiger partial charge in [-0.3, -0.25) is 28.7 Å². The van der Waals surface area contributed by atoms with Crippen LogP contribution in [0.1, 0.15) is 12.5 Å². The minimum absolute atomic E-state index is 0.157. The van der Waals surface area contributed by atoms with E-state index in [1.165, 1.54) is 34.4 Å². The molecule has 2 aliphatic heterocycles. The fourth-order valence-corrected chi connectivity index (χ4v) is 4.34. The number of nitrogens with one attached hydrogen (secondary N) is 2. The van der Waals surface area contributed by atoms with Gasteiger partial charge in [0.2, 0.25) is 11.0 Å². The van der Waals surface area contributed by atoms with Crippen LogP contribution in [0.4, 0.5) is 0 Å². The predicted octanol–water partition coefficient (Wildman–Crippen LogP) is -3.87. The van der Waals surface area contributed by atoms with Crippen LogP contribution in [0.25, 0.3) is 22.3 Å². The first kappa shape index (κ1) is 31.6. The summed E-state index contributed by atoms with van der Waals surface area (Å²) in [6.45, 7) is -0.818. The van der Waals surface area contributed by atoms with Gasteiger partial charge in [0.15, 0.2) is 23.8 Å². The summed E-state index contributed by atoms with van der Waals surface area (Å²) in [4.78, 5) is 40.1. The zero-order chi connectivity index (χ0) is 29.8. The van der Waals surface area contributed by atoms with Crippen LogP contribution >= 0.6 is 18.8 Å². The third kappa shape index (κ3) is 6.23. The molecule has 4 aromatic heterocycles. The second kappa shape index (κ2) is 13.7. The average molecular weight is 804 g/mol. The maximum absolute atomic E-state index is 9.93. The van der Waals surface area contributed by atoms with Crippen LogP contribution in [0.15, 0.2) is 25.3 Å². The van der Waals surface area contributed by atoms with Crippen molar-refractivity contribution >= 4 is 41.2 Å². The molecule has 0 amide bonds. The molecule has 0 spiro atoms. The van der Waals surface area contributed by atoms with Crippen LogP contribution in [-0.4, -0.2) is 129 Å². The molecule has 0 aromatic carbocycles. The number of hydrogen-bond acceptors (Lipinski definition) is 12. The zero-order valence-electron chi connectivity index (χ0n) is 20.5. The van der Waals surface area contributed by atoms with Gasteiger partial charge >= 0.3 is 46.4 Å². The Morgan fingerprint density at radius 3 is 1.41 bits per heavy atom. The van der Waals surface area contributed by atoms with Crippen molar-refractivity contribution in [2.75, 3.05) is 13.2 Å². The van der Waals surface area contributed by atoms with Crippen molar-refractivity contribution < 1.29 is 66.2 Å². The molecule has 0 radical (unpaired) electrons. The molecule has 6 heterocycles. The first-order valence-corrected chi connectivity index (χ1v) is 17.2. The molecule has 8 unspecified atom stereocenters. The van der Waals surface area contributed by atoms with Crippen LogP contribution in [0.3, 0.4) is 0 Å². The number of aliphatic hydroxyl groups is 6. The Kier molecular flexibility index (Phi) is 10.6. The Labute approximate surface area is 244 Å². The number of aromatic nitrogens is 8. The summed E-state index contributed by atoms with van der Waals surface area (Å²) in [5.41, 5.74) is 0.726. The van der Waals surface area contributed by atoms with Crippen molar-refractivity contribution in [1.29, 1.82) is 0 Å². The number of ether oxygens (including phenoxy) is 2. The Balaban J connectivity index is 0.000000173. The number of rotatable bonds is 4. The molecule has 228 valence electrons. The van der Waals surface area contributed by atoms with Gasteiger partial charge in [0.1, 0.15) is 49.3 Å².